The van der Waals surface area contributed by atoms with Crippen molar-refractivity contribution in [1.29, 1.82) is 0 Å². The van der Waals surface area contributed by atoms with Crippen molar-refractivity contribution in [1.82, 2.24) is 4.90 Å². The van der Waals surface area contributed by atoms with E-state index in [2.05, 4.69) is 0 Å². The molecule has 0 heterocycles. The fourth-order valence-corrected chi connectivity index (χ4v) is 1.46. The second-order valence-corrected chi connectivity index (χ2v) is 3.77. The number of nitrogens with two attached hydrogens (primary N) is 1. The summed E-state index contributed by atoms with van der Waals surface area (Å²) >= 11 is 0. The predicted octanol–water partition coefficient (Wildman–Crippen LogP) is 2.79. The monoisotopic (exact) mass is 250 g/mol. The summed E-state index contributed by atoms with van der Waals surface area (Å²) in [5, 5.41) is 0. The summed E-state index contributed by atoms with van der Waals surface area (Å²) in [6.07, 6.45) is -4.25. The van der Waals surface area contributed by atoms with Crippen LogP contribution in [0.25, 0.3) is 0 Å². The topological polar surface area (TPSA) is 29.3 Å². The zero-order chi connectivity index (χ0) is 13.1. The van der Waals surface area contributed by atoms with Crippen LogP contribution in [-0.4, -0.2) is 24.2 Å². The summed E-state index contributed by atoms with van der Waals surface area (Å²) in [6.45, 7) is 0.910. The van der Waals surface area contributed by atoms with Gasteiger partial charge in [-0.05, 0) is 24.2 Å². The average molecular weight is 250 g/mol. The van der Waals surface area contributed by atoms with Gasteiger partial charge in [-0.1, -0.05) is 13.0 Å². The second-order valence-electron chi connectivity index (χ2n) is 3.77. The van der Waals surface area contributed by atoms with Gasteiger partial charge in [0.15, 0.2) is 0 Å². The molecule has 1 rings (SSSR count). The van der Waals surface area contributed by atoms with E-state index in [4.69, 9.17) is 5.73 Å². The molecule has 96 valence electrons. The van der Waals surface area contributed by atoms with Crippen LogP contribution in [0.3, 0.4) is 0 Å². The zero-order valence-electron chi connectivity index (χ0n) is 9.39. The second kappa shape index (κ2) is 5.35. The Kier molecular flexibility index (Phi) is 4.34. The van der Waals surface area contributed by atoms with Crippen LogP contribution < -0.4 is 5.73 Å². The summed E-state index contributed by atoms with van der Waals surface area (Å²) in [4.78, 5) is 1.19. The molecule has 0 bridgehead atoms. The smallest absolute Gasteiger partial charge is 0.396 e. The zero-order valence-corrected chi connectivity index (χ0v) is 9.39. The molecule has 0 aliphatic heterocycles. The summed E-state index contributed by atoms with van der Waals surface area (Å²) in [5.41, 5.74) is 5.75. The van der Waals surface area contributed by atoms with Crippen molar-refractivity contribution in [2.24, 2.45) is 0 Å². The van der Waals surface area contributed by atoms with Crippen molar-refractivity contribution < 1.29 is 17.6 Å². The van der Waals surface area contributed by atoms with Gasteiger partial charge in [-0.25, -0.2) is 4.39 Å². The van der Waals surface area contributed by atoms with Gasteiger partial charge in [0, 0.05) is 6.54 Å². The van der Waals surface area contributed by atoms with Gasteiger partial charge in [0.05, 0.1) is 12.2 Å². The molecular formula is C11H14F4N2. The molecule has 0 aliphatic rings. The van der Waals surface area contributed by atoms with Crippen LogP contribution in [0.5, 0.6) is 0 Å². The van der Waals surface area contributed by atoms with Crippen LogP contribution in [0.4, 0.5) is 23.2 Å². The van der Waals surface area contributed by atoms with Gasteiger partial charge in [0.1, 0.15) is 5.82 Å². The highest BCUT2D eigenvalue weighted by Crippen LogP contribution is 2.19. The molecule has 0 amide bonds. The lowest BCUT2D eigenvalue weighted by molar-refractivity contribution is -0.146. The highest BCUT2D eigenvalue weighted by Gasteiger charge is 2.30. The van der Waals surface area contributed by atoms with E-state index in [1.807, 2.05) is 0 Å². The molecule has 0 aromatic heterocycles. The summed E-state index contributed by atoms with van der Waals surface area (Å²) < 4.78 is 49.7. The third kappa shape index (κ3) is 4.60. The first kappa shape index (κ1) is 13.8. The van der Waals surface area contributed by atoms with Crippen LogP contribution in [0, 0.1) is 5.82 Å². The molecule has 0 radical (unpaired) electrons. The van der Waals surface area contributed by atoms with Gasteiger partial charge in [0.25, 0.3) is 0 Å². The van der Waals surface area contributed by atoms with Gasteiger partial charge in [0.2, 0.25) is 0 Å². The Bertz CT molecular complexity index is 376. The van der Waals surface area contributed by atoms with Crippen LogP contribution in [0.2, 0.25) is 0 Å². The number of benzene rings is 1. The summed E-state index contributed by atoms with van der Waals surface area (Å²) in [6, 6.07) is 4.04. The molecule has 6 heteroatoms. The Morgan fingerprint density at radius 3 is 2.41 bits per heavy atom. The lowest BCUT2D eigenvalue weighted by Crippen LogP contribution is -2.33. The standard InChI is InChI=1S/C11H14F4N2/c1-2-17(7-11(13,14)15)6-8-3-4-10(16)9(12)5-8/h3-5H,2,6-7,16H2,1H3. The number of alkyl halides is 3. The quantitative estimate of drug-likeness (QED) is 0.657. The average Bonchev–Trinajstić information content (AvgIpc) is 2.20. The first-order valence-corrected chi connectivity index (χ1v) is 5.15. The van der Waals surface area contributed by atoms with Crippen molar-refractivity contribution in [3.8, 4) is 0 Å². The minimum absolute atomic E-state index is 0.00683. The molecule has 0 aliphatic carbocycles. The maximum atomic E-state index is 13.1. The highest BCUT2D eigenvalue weighted by atomic mass is 19.4. The highest BCUT2D eigenvalue weighted by molar-refractivity contribution is 5.41. The molecule has 17 heavy (non-hydrogen) atoms. The van der Waals surface area contributed by atoms with Gasteiger partial charge in [-0.15, -0.1) is 0 Å². The Hall–Kier alpha value is -1.30. The van der Waals surface area contributed by atoms with Crippen LogP contribution in [0.1, 0.15) is 12.5 Å². The number of rotatable bonds is 4. The molecule has 1 aromatic carbocycles. The van der Waals surface area contributed by atoms with E-state index in [-0.39, 0.29) is 18.8 Å². The van der Waals surface area contributed by atoms with Gasteiger partial charge < -0.3 is 5.73 Å². The SMILES string of the molecule is CCN(Cc1ccc(N)c(F)c1)CC(F)(F)F. The van der Waals surface area contributed by atoms with Crippen molar-refractivity contribution in [3.63, 3.8) is 0 Å². The molecule has 0 atom stereocenters. The molecule has 0 fully saturated rings. The van der Waals surface area contributed by atoms with Crippen molar-refractivity contribution in [2.75, 3.05) is 18.8 Å². The van der Waals surface area contributed by atoms with E-state index in [9.17, 15) is 17.6 Å². The van der Waals surface area contributed by atoms with Gasteiger partial charge in [-0.2, -0.15) is 13.2 Å². The summed E-state index contributed by atoms with van der Waals surface area (Å²) in [5.74, 6) is -0.606. The lowest BCUT2D eigenvalue weighted by Gasteiger charge is -2.22. The van der Waals surface area contributed by atoms with Crippen molar-refractivity contribution >= 4 is 5.69 Å². The molecule has 2 nitrogen and oxygen atoms in total. The Balaban J connectivity index is 2.70. The molecule has 2 N–H and O–H groups in total. The number of hydrogen-bond acceptors (Lipinski definition) is 2. The maximum Gasteiger partial charge on any atom is 0.401 e. The van der Waals surface area contributed by atoms with Gasteiger partial charge in [-0.3, -0.25) is 4.90 Å². The van der Waals surface area contributed by atoms with E-state index >= 15 is 0 Å². The summed E-state index contributed by atoms with van der Waals surface area (Å²) in [7, 11) is 0. The number of nitrogens with zero attached hydrogens (tertiary/aromatic N) is 1. The fourth-order valence-electron chi connectivity index (χ4n) is 1.46. The molecule has 0 spiro atoms. The van der Waals surface area contributed by atoms with E-state index in [1.165, 1.54) is 17.0 Å². The molecule has 0 unspecified atom stereocenters. The third-order valence-corrected chi connectivity index (χ3v) is 2.32. The van der Waals surface area contributed by atoms with Crippen LogP contribution >= 0.6 is 0 Å². The van der Waals surface area contributed by atoms with E-state index in [0.29, 0.717) is 5.56 Å². The third-order valence-electron chi connectivity index (χ3n) is 2.32. The number of nitrogen functional groups attached to an aromatic ring is 1. The minimum Gasteiger partial charge on any atom is -0.396 e. The van der Waals surface area contributed by atoms with Crippen molar-refractivity contribution in [2.45, 2.75) is 19.6 Å². The first-order valence-electron chi connectivity index (χ1n) is 5.15. The van der Waals surface area contributed by atoms with Gasteiger partial charge >= 0.3 is 6.18 Å². The van der Waals surface area contributed by atoms with Crippen molar-refractivity contribution in [3.05, 3.63) is 29.6 Å². The Labute approximate surface area is 97.0 Å². The van der Waals surface area contributed by atoms with E-state index < -0.39 is 18.5 Å². The Morgan fingerprint density at radius 1 is 1.29 bits per heavy atom. The van der Waals surface area contributed by atoms with E-state index in [1.54, 1.807) is 6.92 Å². The number of anilines is 1. The molecular weight excluding hydrogens is 236 g/mol. The Morgan fingerprint density at radius 2 is 1.94 bits per heavy atom. The number of halogens is 4. The fraction of sp³-hybridized carbons (Fsp3) is 0.455. The first-order chi connectivity index (χ1) is 7.81. The van der Waals surface area contributed by atoms with E-state index in [0.717, 1.165) is 6.07 Å². The lowest BCUT2D eigenvalue weighted by atomic mass is 10.2. The largest absolute Gasteiger partial charge is 0.401 e. The van der Waals surface area contributed by atoms with Crippen LogP contribution in [-0.2, 0) is 6.54 Å². The minimum atomic E-state index is -4.25. The molecule has 0 saturated carbocycles. The molecule has 0 saturated heterocycles. The number of hydrogen-bond donors (Lipinski definition) is 1. The van der Waals surface area contributed by atoms with Crippen LogP contribution in [0.15, 0.2) is 18.2 Å². The predicted molar refractivity (Wildman–Crippen MR) is 57.8 cm³/mol. The normalized spacial score (nSPS) is 12.1. The molecule has 1 aromatic rings. The maximum absolute atomic E-state index is 13.1.